The van der Waals surface area contributed by atoms with Crippen molar-refractivity contribution in [3.8, 4) is 12.3 Å². The van der Waals surface area contributed by atoms with E-state index in [1.807, 2.05) is 0 Å². The van der Waals surface area contributed by atoms with Gasteiger partial charge in [-0.05, 0) is 31.7 Å². The van der Waals surface area contributed by atoms with E-state index in [4.69, 9.17) is 6.42 Å². The molecule has 0 aliphatic heterocycles. The van der Waals surface area contributed by atoms with Crippen LogP contribution in [0.2, 0.25) is 0 Å². The predicted molar refractivity (Wildman–Crippen MR) is 62.2 cm³/mol. The lowest BCUT2D eigenvalue weighted by atomic mass is 10.1. The zero-order valence-electron chi connectivity index (χ0n) is 8.92. The Bertz CT molecular complexity index is 287. The first-order valence-corrected chi connectivity index (χ1v) is 5.32. The van der Waals surface area contributed by atoms with Crippen molar-refractivity contribution >= 4 is 0 Å². The molecule has 1 aromatic carbocycles. The molecule has 0 saturated carbocycles. The summed E-state index contributed by atoms with van der Waals surface area (Å²) in [6.07, 6.45) is 11.0. The molecule has 1 aromatic rings. The van der Waals surface area contributed by atoms with Crippen molar-refractivity contribution in [1.82, 2.24) is 0 Å². The van der Waals surface area contributed by atoms with E-state index in [0.717, 1.165) is 6.42 Å². The van der Waals surface area contributed by atoms with E-state index in [-0.39, 0.29) is 0 Å². The summed E-state index contributed by atoms with van der Waals surface area (Å²) in [6.45, 7) is 2.12. The summed E-state index contributed by atoms with van der Waals surface area (Å²) in [6, 6.07) is 8.79. The van der Waals surface area contributed by atoms with E-state index >= 15 is 0 Å². The van der Waals surface area contributed by atoms with Crippen LogP contribution in [0.15, 0.2) is 24.3 Å². The van der Waals surface area contributed by atoms with Crippen LogP contribution in [-0.4, -0.2) is 0 Å². The third-order valence-electron chi connectivity index (χ3n) is 2.41. The van der Waals surface area contributed by atoms with Crippen molar-refractivity contribution in [1.29, 1.82) is 0 Å². The molecule has 0 aromatic heterocycles. The van der Waals surface area contributed by atoms with Crippen LogP contribution in [-0.2, 0) is 6.42 Å². The van der Waals surface area contributed by atoms with Gasteiger partial charge >= 0.3 is 0 Å². The second-order valence-electron chi connectivity index (χ2n) is 3.75. The van der Waals surface area contributed by atoms with Crippen molar-refractivity contribution in [3.63, 3.8) is 0 Å². The minimum absolute atomic E-state index is 0.925. The number of benzene rings is 1. The first kappa shape index (κ1) is 10.9. The van der Waals surface area contributed by atoms with Gasteiger partial charge in [-0.2, -0.15) is 0 Å². The Kier molecular flexibility index (Phi) is 4.86. The Hall–Kier alpha value is -1.22. The third kappa shape index (κ3) is 4.14. The molecule has 0 radical (unpaired) electrons. The van der Waals surface area contributed by atoms with E-state index in [9.17, 15) is 0 Å². The Labute approximate surface area is 87.4 Å². The fourth-order valence-electron chi connectivity index (χ4n) is 1.49. The molecule has 74 valence electrons. The lowest BCUT2D eigenvalue weighted by molar-refractivity contribution is 0.693. The quantitative estimate of drug-likeness (QED) is 0.485. The minimum Gasteiger partial charge on any atom is -0.120 e. The maximum atomic E-state index is 5.19. The summed E-state index contributed by atoms with van der Waals surface area (Å²) < 4.78 is 0. The summed E-state index contributed by atoms with van der Waals surface area (Å²) >= 11 is 0. The first-order valence-electron chi connectivity index (χ1n) is 5.32. The molecule has 0 amide bonds. The predicted octanol–water partition coefficient (Wildman–Crippen LogP) is 3.73. The monoisotopic (exact) mass is 186 g/mol. The minimum atomic E-state index is 0.925. The van der Waals surface area contributed by atoms with Gasteiger partial charge < -0.3 is 0 Å². The number of hydrogen-bond donors (Lipinski definition) is 0. The average Bonchev–Trinajstić information content (AvgIpc) is 2.21. The topological polar surface area (TPSA) is 0 Å². The van der Waals surface area contributed by atoms with Crippen LogP contribution in [0.5, 0.6) is 0 Å². The summed E-state index contributed by atoms with van der Waals surface area (Å²) in [5.41, 5.74) is 2.78. The molecule has 0 heterocycles. The standard InChI is InChI=1S/C14H18/c1-3-4-5-6-7-8-14-11-9-13(2)10-12-14/h1,9-12H,4-8H2,2H3. The molecule has 0 heteroatoms. The van der Waals surface area contributed by atoms with E-state index < -0.39 is 0 Å². The molecule has 0 saturated heterocycles. The smallest absolute Gasteiger partial charge is 0.00860 e. The fraction of sp³-hybridized carbons (Fsp3) is 0.429. The van der Waals surface area contributed by atoms with E-state index in [0.29, 0.717) is 0 Å². The largest absolute Gasteiger partial charge is 0.120 e. The molecule has 14 heavy (non-hydrogen) atoms. The van der Waals surface area contributed by atoms with Crippen LogP contribution in [0.3, 0.4) is 0 Å². The molecule has 1 rings (SSSR count). The molecular formula is C14H18. The molecule has 0 N–H and O–H groups in total. The second-order valence-corrected chi connectivity index (χ2v) is 3.75. The fourth-order valence-corrected chi connectivity index (χ4v) is 1.49. The van der Waals surface area contributed by atoms with Gasteiger partial charge in [-0.25, -0.2) is 0 Å². The maximum Gasteiger partial charge on any atom is 0.00860 e. The molecule has 0 bridgehead atoms. The highest BCUT2D eigenvalue weighted by atomic mass is 14.0. The van der Waals surface area contributed by atoms with Gasteiger partial charge in [0.05, 0.1) is 0 Å². The van der Waals surface area contributed by atoms with Crippen molar-refractivity contribution in [2.24, 2.45) is 0 Å². The molecule has 0 aliphatic carbocycles. The average molecular weight is 186 g/mol. The summed E-state index contributed by atoms with van der Waals surface area (Å²) in [5.74, 6) is 2.67. The third-order valence-corrected chi connectivity index (χ3v) is 2.41. The lowest BCUT2D eigenvalue weighted by Crippen LogP contribution is -1.85. The summed E-state index contributed by atoms with van der Waals surface area (Å²) in [5, 5.41) is 0. The van der Waals surface area contributed by atoms with E-state index in [1.54, 1.807) is 0 Å². The highest BCUT2D eigenvalue weighted by molar-refractivity contribution is 5.21. The first-order chi connectivity index (χ1) is 6.83. The van der Waals surface area contributed by atoms with Gasteiger partial charge in [0.2, 0.25) is 0 Å². The Morgan fingerprint density at radius 3 is 2.43 bits per heavy atom. The van der Waals surface area contributed by atoms with Gasteiger partial charge in [0.15, 0.2) is 0 Å². The molecule has 0 nitrogen and oxygen atoms in total. The number of rotatable bonds is 5. The highest BCUT2D eigenvalue weighted by Gasteiger charge is 1.92. The van der Waals surface area contributed by atoms with Crippen molar-refractivity contribution in [3.05, 3.63) is 35.4 Å². The number of hydrogen-bond acceptors (Lipinski definition) is 0. The summed E-state index contributed by atoms with van der Waals surface area (Å²) in [7, 11) is 0. The van der Waals surface area contributed by atoms with Gasteiger partial charge in [-0.3, -0.25) is 0 Å². The van der Waals surface area contributed by atoms with E-state index in [2.05, 4.69) is 37.1 Å². The molecule has 0 atom stereocenters. The van der Waals surface area contributed by atoms with Gasteiger partial charge in [-0.15, -0.1) is 12.3 Å². The van der Waals surface area contributed by atoms with Gasteiger partial charge in [0, 0.05) is 6.42 Å². The van der Waals surface area contributed by atoms with Crippen LogP contribution < -0.4 is 0 Å². The normalized spacial score (nSPS) is 9.71. The maximum absolute atomic E-state index is 5.19. The SMILES string of the molecule is C#CCCCCCc1ccc(C)cc1. The Morgan fingerprint density at radius 1 is 1.07 bits per heavy atom. The van der Waals surface area contributed by atoms with Crippen LogP contribution in [0.25, 0.3) is 0 Å². The Balaban J connectivity index is 2.19. The molecule has 0 spiro atoms. The van der Waals surface area contributed by atoms with E-state index in [1.165, 1.54) is 36.8 Å². The number of terminal acetylenes is 1. The summed E-state index contributed by atoms with van der Waals surface area (Å²) in [4.78, 5) is 0. The molecule has 0 fully saturated rings. The highest BCUT2D eigenvalue weighted by Crippen LogP contribution is 2.08. The van der Waals surface area contributed by atoms with Crippen molar-refractivity contribution < 1.29 is 0 Å². The number of aryl methyl sites for hydroxylation is 2. The lowest BCUT2D eigenvalue weighted by Gasteiger charge is -2.01. The van der Waals surface area contributed by atoms with Crippen molar-refractivity contribution in [2.75, 3.05) is 0 Å². The number of unbranched alkanes of at least 4 members (excludes halogenated alkanes) is 3. The van der Waals surface area contributed by atoms with Gasteiger partial charge in [-0.1, -0.05) is 36.2 Å². The zero-order valence-corrected chi connectivity index (χ0v) is 8.92. The van der Waals surface area contributed by atoms with Crippen LogP contribution >= 0.6 is 0 Å². The molecule has 0 unspecified atom stereocenters. The zero-order chi connectivity index (χ0) is 10.2. The Morgan fingerprint density at radius 2 is 1.79 bits per heavy atom. The van der Waals surface area contributed by atoms with Crippen LogP contribution in [0.4, 0.5) is 0 Å². The van der Waals surface area contributed by atoms with Gasteiger partial charge in [0.25, 0.3) is 0 Å². The van der Waals surface area contributed by atoms with Crippen LogP contribution in [0.1, 0.15) is 36.8 Å². The van der Waals surface area contributed by atoms with Gasteiger partial charge in [0.1, 0.15) is 0 Å². The van der Waals surface area contributed by atoms with Crippen molar-refractivity contribution in [2.45, 2.75) is 39.0 Å². The second kappa shape index (κ2) is 6.27. The molecule has 0 aliphatic rings. The molecular weight excluding hydrogens is 168 g/mol. The van der Waals surface area contributed by atoms with Crippen LogP contribution in [0, 0.1) is 19.3 Å².